The summed E-state index contributed by atoms with van der Waals surface area (Å²) in [5, 5.41) is 12.5. The van der Waals surface area contributed by atoms with Crippen LogP contribution in [0.3, 0.4) is 0 Å². The van der Waals surface area contributed by atoms with Crippen LogP contribution >= 0.6 is 0 Å². The first kappa shape index (κ1) is 13.6. The molecule has 1 aliphatic rings. The maximum Gasteiger partial charge on any atom is 0.147 e. The van der Waals surface area contributed by atoms with Crippen LogP contribution in [0.25, 0.3) is 0 Å². The lowest BCUT2D eigenvalue weighted by Crippen LogP contribution is -2.16. The lowest BCUT2D eigenvalue weighted by Gasteiger charge is -2.12. The van der Waals surface area contributed by atoms with Gasteiger partial charge in [0.2, 0.25) is 0 Å². The molecule has 1 fully saturated rings. The highest BCUT2D eigenvalue weighted by atomic mass is 16.5. The summed E-state index contributed by atoms with van der Waals surface area (Å²) in [5.74, 6) is 0.860. The van der Waals surface area contributed by atoms with E-state index < -0.39 is 0 Å². The highest BCUT2D eigenvalue weighted by Crippen LogP contribution is 2.23. The van der Waals surface area contributed by atoms with Crippen molar-refractivity contribution in [3.63, 3.8) is 0 Å². The van der Waals surface area contributed by atoms with Crippen molar-refractivity contribution in [2.24, 2.45) is 0 Å². The van der Waals surface area contributed by atoms with Gasteiger partial charge in [0.1, 0.15) is 24.1 Å². The van der Waals surface area contributed by atoms with Crippen LogP contribution in [0, 0.1) is 11.3 Å². The molecule has 1 saturated carbocycles. The number of hydrogen-bond acceptors (Lipinski definition) is 4. The Morgan fingerprint density at radius 3 is 2.81 bits per heavy atom. The van der Waals surface area contributed by atoms with E-state index in [1.54, 1.807) is 6.20 Å². The van der Waals surface area contributed by atoms with E-state index in [1.807, 2.05) is 30.3 Å². The maximum absolute atomic E-state index is 9.04. The number of ether oxygens (including phenoxy) is 1. The van der Waals surface area contributed by atoms with Crippen molar-refractivity contribution >= 4 is 0 Å². The first-order chi connectivity index (χ1) is 10.4. The van der Waals surface area contributed by atoms with E-state index >= 15 is 0 Å². The fourth-order valence-electron chi connectivity index (χ4n) is 2.14. The number of rotatable bonds is 6. The molecule has 0 amide bonds. The fraction of sp³-hybridized carbons (Fsp3) is 0.294. The fourth-order valence-corrected chi connectivity index (χ4v) is 2.14. The highest BCUT2D eigenvalue weighted by Gasteiger charge is 2.20. The van der Waals surface area contributed by atoms with Crippen LogP contribution in [-0.2, 0) is 13.2 Å². The molecule has 106 valence electrons. The van der Waals surface area contributed by atoms with E-state index in [0.717, 1.165) is 23.4 Å². The first-order valence-electron chi connectivity index (χ1n) is 7.15. The van der Waals surface area contributed by atoms with Gasteiger partial charge in [-0.05, 0) is 25.0 Å². The molecule has 4 nitrogen and oxygen atoms in total. The van der Waals surface area contributed by atoms with Gasteiger partial charge in [-0.25, -0.2) is 4.98 Å². The van der Waals surface area contributed by atoms with E-state index in [9.17, 15) is 0 Å². The van der Waals surface area contributed by atoms with Gasteiger partial charge in [0.05, 0.1) is 0 Å². The number of aromatic nitrogens is 1. The number of hydrogen-bond donors (Lipinski definition) is 1. The van der Waals surface area contributed by atoms with Crippen molar-refractivity contribution < 1.29 is 4.74 Å². The van der Waals surface area contributed by atoms with Crippen LogP contribution in [0.5, 0.6) is 5.75 Å². The molecule has 0 bridgehead atoms. The van der Waals surface area contributed by atoms with E-state index in [1.165, 1.54) is 12.8 Å². The Morgan fingerprint density at radius 1 is 1.19 bits per heavy atom. The van der Waals surface area contributed by atoms with Gasteiger partial charge in [-0.1, -0.05) is 24.3 Å². The summed E-state index contributed by atoms with van der Waals surface area (Å²) in [4.78, 5) is 4.05. The summed E-state index contributed by atoms with van der Waals surface area (Å²) >= 11 is 0. The summed E-state index contributed by atoms with van der Waals surface area (Å²) in [7, 11) is 0. The molecule has 0 radical (unpaired) electrons. The molecule has 0 spiro atoms. The second-order valence-electron chi connectivity index (χ2n) is 5.17. The zero-order valence-corrected chi connectivity index (χ0v) is 11.7. The summed E-state index contributed by atoms with van der Waals surface area (Å²) in [5.41, 5.74) is 2.38. The van der Waals surface area contributed by atoms with Gasteiger partial charge < -0.3 is 10.1 Å². The van der Waals surface area contributed by atoms with E-state index in [0.29, 0.717) is 18.3 Å². The average Bonchev–Trinajstić information content (AvgIpc) is 3.36. The van der Waals surface area contributed by atoms with Crippen LogP contribution in [0.1, 0.15) is 29.7 Å². The first-order valence-corrected chi connectivity index (χ1v) is 7.15. The third-order valence-corrected chi connectivity index (χ3v) is 3.51. The van der Waals surface area contributed by atoms with Crippen LogP contribution in [0.4, 0.5) is 0 Å². The largest absolute Gasteiger partial charge is 0.488 e. The predicted octanol–water partition coefficient (Wildman–Crippen LogP) is 2.78. The number of para-hydroxylation sites is 1. The second-order valence-corrected chi connectivity index (χ2v) is 5.17. The topological polar surface area (TPSA) is 57.9 Å². The summed E-state index contributed by atoms with van der Waals surface area (Å²) in [6, 6.07) is 14.5. The SMILES string of the molecule is N#Cc1ncccc1COc1ccccc1CNC1CC1. The van der Waals surface area contributed by atoms with Crippen LogP contribution < -0.4 is 10.1 Å². The molecule has 4 heteroatoms. The van der Waals surface area contributed by atoms with Gasteiger partial charge in [0, 0.05) is 29.9 Å². The molecule has 1 heterocycles. The molecule has 0 aliphatic heterocycles. The molecular formula is C17H17N3O. The van der Waals surface area contributed by atoms with Crippen LogP contribution in [0.15, 0.2) is 42.6 Å². The average molecular weight is 279 g/mol. The molecule has 0 unspecified atom stereocenters. The molecule has 0 saturated heterocycles. The van der Waals surface area contributed by atoms with Gasteiger partial charge in [0.15, 0.2) is 0 Å². The normalized spacial score (nSPS) is 13.7. The maximum atomic E-state index is 9.04. The lowest BCUT2D eigenvalue weighted by atomic mass is 10.2. The van der Waals surface area contributed by atoms with Crippen LogP contribution in [-0.4, -0.2) is 11.0 Å². The Morgan fingerprint density at radius 2 is 2.00 bits per heavy atom. The summed E-state index contributed by atoms with van der Waals surface area (Å²) in [6.07, 6.45) is 4.16. The predicted molar refractivity (Wildman–Crippen MR) is 79.6 cm³/mol. The smallest absolute Gasteiger partial charge is 0.147 e. The number of nitrogens with zero attached hydrogens (tertiary/aromatic N) is 2. The number of pyridine rings is 1. The van der Waals surface area contributed by atoms with E-state index in [2.05, 4.69) is 22.4 Å². The Hall–Kier alpha value is -2.38. The number of nitriles is 1. The molecule has 1 aromatic heterocycles. The summed E-state index contributed by atoms with van der Waals surface area (Å²) in [6.45, 7) is 1.18. The van der Waals surface area contributed by atoms with Gasteiger partial charge in [-0.15, -0.1) is 0 Å². The molecule has 2 aromatic rings. The lowest BCUT2D eigenvalue weighted by molar-refractivity contribution is 0.301. The molecule has 0 atom stereocenters. The van der Waals surface area contributed by atoms with Crippen molar-refractivity contribution in [1.29, 1.82) is 5.26 Å². The molecule has 1 aliphatic carbocycles. The van der Waals surface area contributed by atoms with Gasteiger partial charge in [0.25, 0.3) is 0 Å². The highest BCUT2D eigenvalue weighted by molar-refractivity contribution is 5.35. The summed E-state index contributed by atoms with van der Waals surface area (Å²) < 4.78 is 5.89. The minimum Gasteiger partial charge on any atom is -0.488 e. The van der Waals surface area contributed by atoms with Crippen molar-refractivity contribution in [1.82, 2.24) is 10.3 Å². The quantitative estimate of drug-likeness (QED) is 0.883. The standard InChI is InChI=1S/C17H17N3O/c18-10-16-14(5-3-9-19-16)12-21-17-6-2-1-4-13(17)11-20-15-7-8-15/h1-6,9,15,20H,7-8,11-12H2. The third kappa shape index (κ3) is 3.59. The Kier molecular flexibility index (Phi) is 4.13. The molecule has 1 N–H and O–H groups in total. The second kappa shape index (κ2) is 6.38. The zero-order valence-electron chi connectivity index (χ0n) is 11.7. The monoisotopic (exact) mass is 279 g/mol. The van der Waals surface area contributed by atoms with Crippen molar-refractivity contribution in [2.45, 2.75) is 32.0 Å². The van der Waals surface area contributed by atoms with Crippen molar-refractivity contribution in [3.05, 3.63) is 59.4 Å². The Balaban J connectivity index is 1.68. The van der Waals surface area contributed by atoms with Gasteiger partial charge >= 0.3 is 0 Å². The molecule has 21 heavy (non-hydrogen) atoms. The van der Waals surface area contributed by atoms with Crippen LogP contribution in [0.2, 0.25) is 0 Å². The van der Waals surface area contributed by atoms with E-state index in [-0.39, 0.29) is 0 Å². The van der Waals surface area contributed by atoms with Crippen molar-refractivity contribution in [3.8, 4) is 11.8 Å². The molecular weight excluding hydrogens is 262 g/mol. The van der Waals surface area contributed by atoms with E-state index in [4.69, 9.17) is 10.00 Å². The Labute approximate surface area is 124 Å². The minimum atomic E-state index is 0.358. The zero-order chi connectivity index (χ0) is 14.5. The third-order valence-electron chi connectivity index (χ3n) is 3.51. The number of benzene rings is 1. The van der Waals surface area contributed by atoms with Gasteiger partial charge in [-0.3, -0.25) is 0 Å². The Bertz CT molecular complexity index is 659. The number of nitrogens with one attached hydrogen (secondary N) is 1. The molecule has 1 aromatic carbocycles. The van der Waals surface area contributed by atoms with Gasteiger partial charge in [-0.2, -0.15) is 5.26 Å². The minimum absolute atomic E-state index is 0.358. The molecule has 3 rings (SSSR count). The van der Waals surface area contributed by atoms with Crippen molar-refractivity contribution in [2.75, 3.05) is 0 Å².